The summed E-state index contributed by atoms with van der Waals surface area (Å²) in [5.74, 6) is -0.540. The maximum Gasteiger partial charge on any atom is 0.282 e. The Hall–Kier alpha value is -2.02. The second kappa shape index (κ2) is 7.68. The van der Waals surface area contributed by atoms with Gasteiger partial charge in [-0.25, -0.2) is 4.39 Å². The Balaban J connectivity index is 1.82. The summed E-state index contributed by atoms with van der Waals surface area (Å²) in [6.45, 7) is 3.20. The first-order valence-corrected chi connectivity index (χ1v) is 7.61. The highest BCUT2D eigenvalue weighted by Gasteiger charge is 2.12. The fourth-order valence-electron chi connectivity index (χ4n) is 1.71. The number of halogens is 1. The molecule has 1 amide bonds. The minimum atomic E-state index is -0.284. The predicted molar refractivity (Wildman–Crippen MR) is 81.1 cm³/mol. The van der Waals surface area contributed by atoms with E-state index in [4.69, 9.17) is 0 Å². The zero-order valence-electron chi connectivity index (χ0n) is 11.7. The first-order chi connectivity index (χ1) is 10.2. The fraction of sp³-hybridized carbons (Fsp3) is 0.357. The van der Waals surface area contributed by atoms with Gasteiger partial charge in [0.05, 0.1) is 0 Å². The highest BCUT2D eigenvalue weighted by molar-refractivity contribution is 7.17. The summed E-state index contributed by atoms with van der Waals surface area (Å²) in [5.41, 5.74) is 0.584. The van der Waals surface area contributed by atoms with E-state index >= 15 is 0 Å². The summed E-state index contributed by atoms with van der Waals surface area (Å²) < 4.78 is 13.4. The second-order valence-electron chi connectivity index (χ2n) is 4.44. The molecule has 2 rings (SSSR count). The maximum absolute atomic E-state index is 13.4. The van der Waals surface area contributed by atoms with Crippen molar-refractivity contribution in [3.63, 3.8) is 0 Å². The number of benzene rings is 1. The van der Waals surface area contributed by atoms with Crippen LogP contribution >= 0.6 is 11.3 Å². The van der Waals surface area contributed by atoms with E-state index in [1.54, 1.807) is 18.2 Å². The Morgan fingerprint density at radius 2 is 2.10 bits per heavy atom. The number of anilines is 1. The van der Waals surface area contributed by atoms with Crippen molar-refractivity contribution >= 4 is 22.4 Å². The molecule has 0 unspecified atom stereocenters. The van der Waals surface area contributed by atoms with Crippen molar-refractivity contribution in [2.24, 2.45) is 0 Å². The number of nitrogens with one attached hydrogen (secondary N) is 2. The van der Waals surface area contributed by atoms with E-state index in [1.165, 1.54) is 17.4 Å². The van der Waals surface area contributed by atoms with Gasteiger partial charge in [0.25, 0.3) is 5.91 Å². The van der Waals surface area contributed by atoms with E-state index in [1.807, 2.05) is 6.92 Å². The Morgan fingerprint density at radius 1 is 1.29 bits per heavy atom. The van der Waals surface area contributed by atoms with E-state index in [9.17, 15) is 9.18 Å². The lowest BCUT2D eigenvalue weighted by Gasteiger charge is -2.04. The van der Waals surface area contributed by atoms with Gasteiger partial charge in [0, 0.05) is 13.1 Å². The first-order valence-electron chi connectivity index (χ1n) is 6.79. The SMILES string of the molecule is CCCNc1nnc(C(=O)NCCc2ccccc2F)s1. The number of nitrogens with zero attached hydrogens (tertiary/aromatic N) is 2. The molecule has 21 heavy (non-hydrogen) atoms. The third kappa shape index (κ3) is 4.49. The van der Waals surface area contributed by atoms with E-state index in [2.05, 4.69) is 20.8 Å². The van der Waals surface area contributed by atoms with Crippen molar-refractivity contribution in [3.8, 4) is 0 Å². The van der Waals surface area contributed by atoms with E-state index in [-0.39, 0.29) is 11.7 Å². The molecule has 1 aromatic heterocycles. The Kier molecular flexibility index (Phi) is 5.62. The molecule has 0 bridgehead atoms. The molecule has 2 N–H and O–H groups in total. The zero-order chi connectivity index (χ0) is 15.1. The summed E-state index contributed by atoms with van der Waals surface area (Å²) >= 11 is 1.21. The lowest BCUT2D eigenvalue weighted by atomic mass is 10.1. The lowest BCUT2D eigenvalue weighted by molar-refractivity contribution is 0.0953. The predicted octanol–water partition coefficient (Wildman–Crippen LogP) is 2.47. The van der Waals surface area contributed by atoms with Crippen LogP contribution < -0.4 is 10.6 Å². The average molecular weight is 308 g/mol. The van der Waals surface area contributed by atoms with Crippen LogP contribution in [0.4, 0.5) is 9.52 Å². The number of hydrogen-bond donors (Lipinski definition) is 2. The third-order valence-electron chi connectivity index (χ3n) is 2.78. The first kappa shape index (κ1) is 15.4. The molecule has 112 valence electrons. The van der Waals surface area contributed by atoms with Crippen LogP contribution in [0.1, 0.15) is 28.7 Å². The van der Waals surface area contributed by atoms with Crippen LogP contribution in [0.2, 0.25) is 0 Å². The quantitative estimate of drug-likeness (QED) is 0.824. The van der Waals surface area contributed by atoms with Gasteiger partial charge in [0.15, 0.2) is 0 Å². The monoisotopic (exact) mass is 308 g/mol. The number of aromatic nitrogens is 2. The molecule has 7 heteroatoms. The van der Waals surface area contributed by atoms with E-state index < -0.39 is 0 Å². The van der Waals surface area contributed by atoms with Crippen LogP contribution in [0.5, 0.6) is 0 Å². The summed E-state index contributed by atoms with van der Waals surface area (Å²) in [6, 6.07) is 6.53. The van der Waals surface area contributed by atoms with Gasteiger partial charge in [-0.05, 0) is 24.5 Å². The molecule has 1 aromatic carbocycles. The minimum absolute atomic E-state index is 0.256. The molecule has 0 aliphatic carbocycles. The van der Waals surface area contributed by atoms with Crippen LogP contribution in [-0.4, -0.2) is 29.2 Å². The molecule has 1 heterocycles. The van der Waals surface area contributed by atoms with Crippen molar-refractivity contribution in [2.45, 2.75) is 19.8 Å². The topological polar surface area (TPSA) is 66.9 Å². The van der Waals surface area contributed by atoms with Crippen LogP contribution in [0.25, 0.3) is 0 Å². The maximum atomic E-state index is 13.4. The summed E-state index contributed by atoms with van der Waals surface area (Å²) in [6.07, 6.45) is 1.42. The van der Waals surface area contributed by atoms with Crippen LogP contribution in [0, 0.1) is 5.82 Å². The van der Waals surface area contributed by atoms with Crippen molar-refractivity contribution < 1.29 is 9.18 Å². The Labute approximate surface area is 126 Å². The number of rotatable bonds is 7. The molecule has 0 radical (unpaired) electrons. The number of carbonyl (C=O) groups excluding carboxylic acids is 1. The average Bonchev–Trinajstić information content (AvgIpc) is 2.96. The van der Waals surface area contributed by atoms with Gasteiger partial charge in [0.1, 0.15) is 5.82 Å². The van der Waals surface area contributed by atoms with E-state index in [0.717, 1.165) is 13.0 Å². The van der Waals surface area contributed by atoms with Gasteiger partial charge in [-0.1, -0.05) is 36.5 Å². The van der Waals surface area contributed by atoms with Gasteiger partial charge in [-0.2, -0.15) is 0 Å². The molecule has 5 nitrogen and oxygen atoms in total. The fourth-order valence-corrected chi connectivity index (χ4v) is 2.39. The van der Waals surface area contributed by atoms with Gasteiger partial charge in [0.2, 0.25) is 10.1 Å². The molecular formula is C14H17FN4OS. The summed E-state index contributed by atoms with van der Waals surface area (Å²) in [7, 11) is 0. The Bertz CT molecular complexity index is 602. The molecule has 0 spiro atoms. The van der Waals surface area contributed by atoms with Crippen molar-refractivity contribution in [2.75, 3.05) is 18.4 Å². The largest absolute Gasteiger partial charge is 0.360 e. The summed E-state index contributed by atoms with van der Waals surface area (Å²) in [4.78, 5) is 11.9. The normalized spacial score (nSPS) is 10.4. The number of carbonyl (C=O) groups is 1. The van der Waals surface area contributed by atoms with Crippen LogP contribution in [0.15, 0.2) is 24.3 Å². The summed E-state index contributed by atoms with van der Waals surface area (Å²) in [5, 5.41) is 14.5. The number of amides is 1. The minimum Gasteiger partial charge on any atom is -0.360 e. The van der Waals surface area contributed by atoms with Crippen molar-refractivity contribution in [1.29, 1.82) is 0 Å². The van der Waals surface area contributed by atoms with Crippen molar-refractivity contribution in [3.05, 3.63) is 40.7 Å². The van der Waals surface area contributed by atoms with Gasteiger partial charge in [-0.15, -0.1) is 10.2 Å². The lowest BCUT2D eigenvalue weighted by Crippen LogP contribution is -2.25. The highest BCUT2D eigenvalue weighted by Crippen LogP contribution is 2.14. The van der Waals surface area contributed by atoms with Gasteiger partial charge >= 0.3 is 0 Å². The molecule has 2 aromatic rings. The highest BCUT2D eigenvalue weighted by atomic mass is 32.1. The molecule has 0 aliphatic rings. The zero-order valence-corrected chi connectivity index (χ0v) is 12.5. The van der Waals surface area contributed by atoms with E-state index in [0.29, 0.717) is 28.7 Å². The van der Waals surface area contributed by atoms with Crippen molar-refractivity contribution in [1.82, 2.24) is 15.5 Å². The smallest absolute Gasteiger partial charge is 0.282 e. The van der Waals surface area contributed by atoms with Gasteiger partial charge in [-0.3, -0.25) is 4.79 Å². The molecule has 0 aliphatic heterocycles. The molecule has 0 saturated heterocycles. The van der Waals surface area contributed by atoms with Crippen LogP contribution in [-0.2, 0) is 6.42 Å². The molecule has 0 saturated carbocycles. The third-order valence-corrected chi connectivity index (χ3v) is 3.66. The number of hydrogen-bond acceptors (Lipinski definition) is 5. The molecule has 0 atom stereocenters. The Morgan fingerprint density at radius 3 is 2.86 bits per heavy atom. The standard InChI is InChI=1S/C14H17FN4OS/c1-2-8-17-14-19-18-13(21-14)12(20)16-9-7-10-5-3-4-6-11(10)15/h3-6H,2,7-9H2,1H3,(H,16,20)(H,17,19). The van der Waals surface area contributed by atoms with Crippen LogP contribution in [0.3, 0.4) is 0 Å². The molecule has 0 fully saturated rings. The molecular weight excluding hydrogens is 291 g/mol. The second-order valence-corrected chi connectivity index (χ2v) is 5.41. The van der Waals surface area contributed by atoms with Gasteiger partial charge < -0.3 is 10.6 Å².